The summed E-state index contributed by atoms with van der Waals surface area (Å²) in [7, 11) is 0. The van der Waals surface area contributed by atoms with Gasteiger partial charge in [-0.15, -0.1) is 0 Å². The second kappa shape index (κ2) is 4.62. The molecule has 16 heavy (non-hydrogen) atoms. The topological polar surface area (TPSA) is 26.3 Å². The zero-order chi connectivity index (χ0) is 11.5. The summed E-state index contributed by atoms with van der Waals surface area (Å²) in [5.41, 5.74) is 1.96. The fraction of sp³-hybridized carbons (Fsp3) is 0.357. The number of carbonyl (C=O) groups is 1. The lowest BCUT2D eigenvalue weighted by molar-refractivity contribution is 0.0159. The highest BCUT2D eigenvalue weighted by molar-refractivity contribution is 5.99. The van der Waals surface area contributed by atoms with Crippen LogP contribution in [0.25, 0.3) is 0 Å². The summed E-state index contributed by atoms with van der Waals surface area (Å²) in [6.07, 6.45) is 2.49. The predicted molar refractivity (Wildman–Crippen MR) is 63.5 cm³/mol. The fourth-order valence-corrected chi connectivity index (χ4v) is 2.05. The minimum absolute atomic E-state index is 0.0337. The van der Waals surface area contributed by atoms with Gasteiger partial charge in [-0.1, -0.05) is 42.0 Å². The highest BCUT2D eigenvalue weighted by Gasteiger charge is 2.25. The van der Waals surface area contributed by atoms with Crippen LogP contribution < -0.4 is 0 Å². The molecule has 1 aromatic rings. The van der Waals surface area contributed by atoms with Gasteiger partial charge in [-0.3, -0.25) is 4.79 Å². The maximum atomic E-state index is 12.1. The van der Waals surface area contributed by atoms with Crippen molar-refractivity contribution in [3.8, 4) is 0 Å². The largest absolute Gasteiger partial charge is 0.363 e. The Balaban J connectivity index is 2.15. The highest BCUT2D eigenvalue weighted by atomic mass is 16.5. The molecule has 0 saturated heterocycles. The lowest BCUT2D eigenvalue weighted by atomic mass is 9.97. The minimum atomic E-state index is -0.317. The van der Waals surface area contributed by atoms with Gasteiger partial charge in [0, 0.05) is 12.0 Å². The Hall–Kier alpha value is -1.41. The van der Waals surface area contributed by atoms with Gasteiger partial charge in [0.05, 0.1) is 6.10 Å². The number of benzene rings is 1. The third-order valence-electron chi connectivity index (χ3n) is 2.76. The van der Waals surface area contributed by atoms with Gasteiger partial charge < -0.3 is 4.74 Å². The zero-order valence-electron chi connectivity index (χ0n) is 9.64. The van der Waals surface area contributed by atoms with Gasteiger partial charge in [0.2, 0.25) is 0 Å². The number of hydrogen-bond acceptors (Lipinski definition) is 2. The summed E-state index contributed by atoms with van der Waals surface area (Å²) in [5.74, 6) is 0.0832. The van der Waals surface area contributed by atoms with Crippen LogP contribution in [0.1, 0.15) is 30.6 Å². The van der Waals surface area contributed by atoms with Crippen LogP contribution in [0.2, 0.25) is 0 Å². The van der Waals surface area contributed by atoms with E-state index in [0.29, 0.717) is 6.42 Å². The number of rotatable bonds is 2. The van der Waals surface area contributed by atoms with Crippen LogP contribution >= 0.6 is 0 Å². The van der Waals surface area contributed by atoms with E-state index in [-0.39, 0.29) is 18.0 Å². The van der Waals surface area contributed by atoms with E-state index in [4.69, 9.17) is 4.74 Å². The van der Waals surface area contributed by atoms with Crippen molar-refractivity contribution >= 4 is 5.78 Å². The molecule has 2 rings (SSSR count). The molecule has 2 atom stereocenters. The lowest BCUT2D eigenvalue weighted by Crippen LogP contribution is -2.31. The Labute approximate surface area is 95.9 Å². The first-order valence-electron chi connectivity index (χ1n) is 5.59. The third-order valence-corrected chi connectivity index (χ3v) is 2.76. The van der Waals surface area contributed by atoms with E-state index < -0.39 is 0 Å². The van der Waals surface area contributed by atoms with E-state index in [1.54, 1.807) is 0 Å². The van der Waals surface area contributed by atoms with Crippen LogP contribution in [0, 0.1) is 0 Å². The van der Waals surface area contributed by atoms with Crippen molar-refractivity contribution in [1.29, 1.82) is 0 Å². The molecule has 84 valence electrons. The highest BCUT2D eigenvalue weighted by Crippen LogP contribution is 2.21. The monoisotopic (exact) mass is 216 g/mol. The van der Waals surface area contributed by atoms with E-state index in [9.17, 15) is 4.79 Å². The van der Waals surface area contributed by atoms with E-state index in [0.717, 1.165) is 5.56 Å². The average molecular weight is 216 g/mol. The zero-order valence-corrected chi connectivity index (χ0v) is 9.64. The van der Waals surface area contributed by atoms with E-state index in [1.807, 2.05) is 44.2 Å². The molecule has 0 radical (unpaired) electrons. The molecule has 0 aromatic heterocycles. The Kier molecular flexibility index (Phi) is 3.20. The molecule has 0 fully saturated rings. The van der Waals surface area contributed by atoms with Gasteiger partial charge in [-0.25, -0.2) is 0 Å². The molecule has 0 aliphatic carbocycles. The summed E-state index contributed by atoms with van der Waals surface area (Å²) >= 11 is 0. The van der Waals surface area contributed by atoms with Gasteiger partial charge >= 0.3 is 0 Å². The second-order valence-corrected chi connectivity index (χ2v) is 4.28. The molecular formula is C14H16O2. The first-order chi connectivity index (χ1) is 7.66. The van der Waals surface area contributed by atoms with Crippen molar-refractivity contribution in [2.24, 2.45) is 0 Å². The normalized spacial score (nSPS) is 25.0. The van der Waals surface area contributed by atoms with Crippen LogP contribution in [-0.2, 0) is 4.74 Å². The molecular weight excluding hydrogens is 200 g/mol. The van der Waals surface area contributed by atoms with Crippen molar-refractivity contribution in [2.75, 3.05) is 0 Å². The molecule has 0 amide bonds. The smallest absolute Gasteiger partial charge is 0.191 e. The molecule has 2 heteroatoms. The van der Waals surface area contributed by atoms with Gasteiger partial charge in [0.1, 0.15) is 6.10 Å². The standard InChI is InChI=1S/C14H16O2/c1-10-8-11(2)16-13(9-10)14(15)12-6-4-3-5-7-12/h3-8,11,13H,9H2,1-2H3/t11-,13-/m1/s1. The van der Waals surface area contributed by atoms with Crippen LogP contribution in [0.5, 0.6) is 0 Å². The quantitative estimate of drug-likeness (QED) is 0.561. The van der Waals surface area contributed by atoms with Crippen LogP contribution in [-0.4, -0.2) is 18.0 Å². The van der Waals surface area contributed by atoms with Crippen molar-refractivity contribution in [2.45, 2.75) is 32.5 Å². The molecule has 1 heterocycles. The van der Waals surface area contributed by atoms with Crippen LogP contribution in [0.3, 0.4) is 0 Å². The van der Waals surface area contributed by atoms with Gasteiger partial charge in [-0.2, -0.15) is 0 Å². The molecule has 0 saturated carbocycles. The Morgan fingerprint density at radius 2 is 2.00 bits per heavy atom. The van der Waals surface area contributed by atoms with Crippen molar-refractivity contribution < 1.29 is 9.53 Å². The molecule has 0 bridgehead atoms. The SMILES string of the molecule is CC1=C[C@@H](C)O[C@@H](C(=O)c2ccccc2)C1. The first kappa shape index (κ1) is 11.1. The number of hydrogen-bond donors (Lipinski definition) is 0. The van der Waals surface area contributed by atoms with Gasteiger partial charge in [-0.05, 0) is 13.8 Å². The number of carbonyl (C=O) groups excluding carboxylic acids is 1. The van der Waals surface area contributed by atoms with E-state index in [1.165, 1.54) is 5.57 Å². The number of ether oxygens (including phenoxy) is 1. The summed E-state index contributed by atoms with van der Waals surface area (Å²) in [6, 6.07) is 9.34. The summed E-state index contributed by atoms with van der Waals surface area (Å²) < 4.78 is 5.65. The molecule has 1 aromatic carbocycles. The average Bonchev–Trinajstić information content (AvgIpc) is 2.28. The van der Waals surface area contributed by atoms with Crippen molar-refractivity contribution in [3.63, 3.8) is 0 Å². The van der Waals surface area contributed by atoms with E-state index >= 15 is 0 Å². The lowest BCUT2D eigenvalue weighted by Gasteiger charge is -2.25. The molecule has 0 unspecified atom stereocenters. The maximum Gasteiger partial charge on any atom is 0.191 e. The Bertz CT molecular complexity index is 406. The molecule has 1 aliphatic heterocycles. The Morgan fingerprint density at radius 1 is 1.31 bits per heavy atom. The predicted octanol–water partition coefficient (Wildman–Crippen LogP) is 2.99. The number of ketones is 1. The maximum absolute atomic E-state index is 12.1. The second-order valence-electron chi connectivity index (χ2n) is 4.28. The molecule has 0 spiro atoms. The molecule has 2 nitrogen and oxygen atoms in total. The summed E-state index contributed by atoms with van der Waals surface area (Å²) in [5, 5.41) is 0. The van der Waals surface area contributed by atoms with Crippen molar-refractivity contribution in [1.82, 2.24) is 0 Å². The van der Waals surface area contributed by atoms with Crippen molar-refractivity contribution in [3.05, 3.63) is 47.5 Å². The minimum Gasteiger partial charge on any atom is -0.363 e. The van der Waals surface area contributed by atoms with E-state index in [2.05, 4.69) is 6.08 Å². The third kappa shape index (κ3) is 2.39. The molecule has 1 aliphatic rings. The fourth-order valence-electron chi connectivity index (χ4n) is 2.05. The Morgan fingerprint density at radius 3 is 2.62 bits per heavy atom. The summed E-state index contributed by atoms with van der Waals surface area (Å²) in [6.45, 7) is 4.01. The number of Topliss-reactive ketones (excluding diaryl/α,β-unsaturated/α-hetero) is 1. The van der Waals surface area contributed by atoms with Crippen LogP contribution in [0.15, 0.2) is 42.0 Å². The van der Waals surface area contributed by atoms with Gasteiger partial charge in [0.25, 0.3) is 0 Å². The molecule has 0 N–H and O–H groups in total. The van der Waals surface area contributed by atoms with Gasteiger partial charge in [0.15, 0.2) is 5.78 Å². The first-order valence-corrected chi connectivity index (χ1v) is 5.59. The van der Waals surface area contributed by atoms with Crippen LogP contribution in [0.4, 0.5) is 0 Å². The summed E-state index contributed by atoms with van der Waals surface area (Å²) in [4.78, 5) is 12.1.